The van der Waals surface area contributed by atoms with Crippen molar-refractivity contribution in [2.24, 2.45) is 0 Å². The second-order valence-electron chi connectivity index (χ2n) is 7.68. The maximum absolute atomic E-state index is 12.6. The van der Waals surface area contributed by atoms with Crippen LogP contribution in [0.15, 0.2) is 57.7 Å². The fraction of sp³-hybridized carbons (Fsp3) is 0.320. The third-order valence-corrected chi connectivity index (χ3v) is 5.32. The minimum atomic E-state index is -1.32. The number of ether oxygens (including phenoxy) is 1. The van der Waals surface area contributed by atoms with E-state index in [1.807, 2.05) is 44.2 Å². The molecule has 0 fully saturated rings. The average molecular weight is 436 g/mol. The molecule has 168 valence electrons. The van der Waals surface area contributed by atoms with E-state index in [0.29, 0.717) is 36.2 Å². The van der Waals surface area contributed by atoms with Crippen molar-refractivity contribution in [3.05, 3.63) is 75.6 Å². The molecule has 3 rings (SSSR count). The van der Waals surface area contributed by atoms with Crippen LogP contribution in [0, 0.1) is 6.92 Å². The summed E-state index contributed by atoms with van der Waals surface area (Å²) in [5.41, 5.74) is 2.38. The van der Waals surface area contributed by atoms with E-state index in [1.54, 1.807) is 18.2 Å². The Morgan fingerprint density at radius 2 is 1.91 bits per heavy atom. The molecule has 1 heterocycles. The molecule has 32 heavy (non-hydrogen) atoms. The maximum atomic E-state index is 12.6. The van der Waals surface area contributed by atoms with Crippen molar-refractivity contribution in [1.29, 1.82) is 0 Å². The van der Waals surface area contributed by atoms with Crippen molar-refractivity contribution in [2.75, 3.05) is 6.61 Å². The number of unbranched alkanes of at least 4 members (excludes halogenated alkanes) is 1. The predicted molar refractivity (Wildman–Crippen MR) is 118 cm³/mol. The van der Waals surface area contributed by atoms with Gasteiger partial charge in [0.15, 0.2) is 6.61 Å². The Morgan fingerprint density at radius 1 is 1.16 bits per heavy atom. The van der Waals surface area contributed by atoms with Crippen molar-refractivity contribution in [1.82, 2.24) is 5.32 Å². The molecule has 0 aliphatic carbocycles. The number of aliphatic carboxylic acids is 1. The molecule has 1 N–H and O–H groups in total. The Kier molecular flexibility index (Phi) is 7.65. The van der Waals surface area contributed by atoms with Crippen LogP contribution in [0.2, 0.25) is 0 Å². The van der Waals surface area contributed by atoms with Gasteiger partial charge in [-0.1, -0.05) is 50.1 Å². The summed E-state index contributed by atoms with van der Waals surface area (Å²) in [5, 5.41) is 14.3. The highest BCUT2D eigenvalue weighted by Crippen LogP contribution is 2.25. The topological polar surface area (TPSA) is 109 Å². The molecule has 0 bridgehead atoms. The van der Waals surface area contributed by atoms with Crippen LogP contribution < -0.4 is 20.8 Å². The molecule has 1 amide bonds. The van der Waals surface area contributed by atoms with Crippen molar-refractivity contribution >= 4 is 22.8 Å². The summed E-state index contributed by atoms with van der Waals surface area (Å²) in [4.78, 5) is 35.8. The van der Waals surface area contributed by atoms with E-state index < -0.39 is 23.5 Å². The number of amides is 1. The number of carbonyl (C=O) groups excluding carboxylic acids is 2. The highest BCUT2D eigenvalue weighted by atomic mass is 16.5. The van der Waals surface area contributed by atoms with Gasteiger partial charge in [0.2, 0.25) is 0 Å². The third-order valence-electron chi connectivity index (χ3n) is 5.32. The van der Waals surface area contributed by atoms with Crippen LogP contribution in [0.4, 0.5) is 0 Å². The van der Waals surface area contributed by atoms with Crippen LogP contribution >= 0.6 is 0 Å². The van der Waals surface area contributed by atoms with Gasteiger partial charge in [0.05, 0.1) is 12.0 Å². The first kappa shape index (κ1) is 23.1. The SMILES string of the molecule is CCCC[C@@H](NC(=O)COc1ccc2c(C)c(Cc3ccccc3)c(=O)oc2c1)C(=O)[O-]. The zero-order chi connectivity index (χ0) is 23.1. The predicted octanol–water partition coefficient (Wildman–Crippen LogP) is 2.50. The summed E-state index contributed by atoms with van der Waals surface area (Å²) in [6.07, 6.45) is 2.25. The molecule has 0 saturated heterocycles. The van der Waals surface area contributed by atoms with E-state index in [2.05, 4.69) is 5.32 Å². The van der Waals surface area contributed by atoms with Gasteiger partial charge in [-0.15, -0.1) is 0 Å². The highest BCUT2D eigenvalue weighted by molar-refractivity contribution is 5.84. The fourth-order valence-corrected chi connectivity index (χ4v) is 3.51. The summed E-state index contributed by atoms with van der Waals surface area (Å²) in [6.45, 7) is 3.44. The molecule has 7 nitrogen and oxygen atoms in total. The summed E-state index contributed by atoms with van der Waals surface area (Å²) in [6, 6.07) is 13.6. The van der Waals surface area contributed by atoms with Crippen LogP contribution in [0.5, 0.6) is 5.75 Å². The van der Waals surface area contributed by atoms with Gasteiger partial charge in [0.25, 0.3) is 5.91 Å². The summed E-state index contributed by atoms with van der Waals surface area (Å²) in [5.74, 6) is -1.54. The molecular formula is C25H26NO6-. The molecule has 2 aromatic carbocycles. The Hall–Kier alpha value is -3.61. The van der Waals surface area contributed by atoms with Crippen molar-refractivity contribution in [3.63, 3.8) is 0 Å². The van der Waals surface area contributed by atoms with E-state index >= 15 is 0 Å². The van der Waals surface area contributed by atoms with Gasteiger partial charge in [0.1, 0.15) is 11.3 Å². The highest BCUT2D eigenvalue weighted by Gasteiger charge is 2.15. The van der Waals surface area contributed by atoms with E-state index in [0.717, 1.165) is 22.9 Å². The molecule has 0 saturated carbocycles. The summed E-state index contributed by atoms with van der Waals surface area (Å²) >= 11 is 0. The van der Waals surface area contributed by atoms with Crippen LogP contribution in [0.1, 0.15) is 42.9 Å². The first-order chi connectivity index (χ1) is 15.4. The number of hydrogen-bond donors (Lipinski definition) is 1. The van der Waals surface area contributed by atoms with E-state index in [-0.39, 0.29) is 6.61 Å². The van der Waals surface area contributed by atoms with Crippen molar-refractivity contribution < 1.29 is 23.8 Å². The monoisotopic (exact) mass is 436 g/mol. The van der Waals surface area contributed by atoms with Crippen LogP contribution in [0.3, 0.4) is 0 Å². The first-order valence-electron chi connectivity index (χ1n) is 10.6. The Labute approximate surface area is 186 Å². The smallest absolute Gasteiger partial charge is 0.340 e. The number of benzene rings is 2. The number of carbonyl (C=O) groups is 2. The van der Waals surface area contributed by atoms with Crippen LogP contribution in [-0.4, -0.2) is 24.5 Å². The van der Waals surface area contributed by atoms with Crippen molar-refractivity contribution in [2.45, 2.75) is 45.6 Å². The number of nitrogens with one attached hydrogen (secondary N) is 1. The van der Waals surface area contributed by atoms with Gasteiger partial charge in [-0.3, -0.25) is 4.79 Å². The molecule has 0 spiro atoms. The fourth-order valence-electron chi connectivity index (χ4n) is 3.51. The number of carboxylic acids is 1. The maximum Gasteiger partial charge on any atom is 0.340 e. The first-order valence-corrected chi connectivity index (χ1v) is 10.6. The number of rotatable bonds is 10. The Balaban J connectivity index is 1.71. The lowest BCUT2D eigenvalue weighted by Crippen LogP contribution is -2.49. The normalized spacial score (nSPS) is 11.8. The van der Waals surface area contributed by atoms with Gasteiger partial charge in [-0.25, -0.2) is 4.79 Å². The summed E-state index contributed by atoms with van der Waals surface area (Å²) < 4.78 is 11.0. The molecule has 0 unspecified atom stereocenters. The number of carboxylic acid groups (broad SMARTS) is 1. The second-order valence-corrected chi connectivity index (χ2v) is 7.68. The molecule has 0 aliphatic rings. The molecule has 1 aromatic heterocycles. The van der Waals surface area contributed by atoms with Crippen LogP contribution in [-0.2, 0) is 16.0 Å². The lowest BCUT2D eigenvalue weighted by molar-refractivity contribution is -0.308. The van der Waals surface area contributed by atoms with E-state index in [9.17, 15) is 19.5 Å². The van der Waals surface area contributed by atoms with Crippen molar-refractivity contribution in [3.8, 4) is 5.75 Å². The number of fused-ring (bicyclic) bond motifs is 1. The third kappa shape index (κ3) is 5.75. The minimum Gasteiger partial charge on any atom is -0.548 e. The van der Waals surface area contributed by atoms with E-state index in [4.69, 9.17) is 9.15 Å². The number of aryl methyl sites for hydroxylation is 1. The zero-order valence-electron chi connectivity index (χ0n) is 18.2. The largest absolute Gasteiger partial charge is 0.548 e. The Bertz CT molecular complexity index is 1150. The van der Waals surface area contributed by atoms with Gasteiger partial charge in [-0.05, 0) is 36.6 Å². The second kappa shape index (κ2) is 10.6. The molecule has 1 atom stereocenters. The minimum absolute atomic E-state index is 0.302. The van der Waals surface area contributed by atoms with Gasteiger partial charge in [0, 0.05) is 23.4 Å². The zero-order valence-corrected chi connectivity index (χ0v) is 18.2. The standard InChI is InChI=1S/C25H27NO6/c1-3-4-10-21(24(28)29)26-23(27)15-31-18-11-12-19-16(2)20(25(30)32-22(19)14-18)13-17-8-6-5-7-9-17/h5-9,11-12,14,21H,3-4,10,13,15H2,1-2H3,(H,26,27)(H,28,29)/p-1/t21-/m1/s1. The van der Waals surface area contributed by atoms with Gasteiger partial charge in [-0.2, -0.15) is 0 Å². The molecule has 0 radical (unpaired) electrons. The quantitative estimate of drug-likeness (QED) is 0.489. The molecule has 7 heteroatoms. The lowest BCUT2D eigenvalue weighted by atomic mass is 10.00. The molecule has 3 aromatic rings. The lowest BCUT2D eigenvalue weighted by Gasteiger charge is -2.19. The molecular weight excluding hydrogens is 410 g/mol. The average Bonchev–Trinajstić information content (AvgIpc) is 2.78. The van der Waals surface area contributed by atoms with E-state index in [1.165, 1.54) is 0 Å². The van der Waals surface area contributed by atoms with Gasteiger partial charge >= 0.3 is 5.63 Å². The Morgan fingerprint density at radius 3 is 2.59 bits per heavy atom. The summed E-state index contributed by atoms with van der Waals surface area (Å²) in [7, 11) is 0. The van der Waals surface area contributed by atoms with Gasteiger partial charge < -0.3 is 24.4 Å². The number of hydrogen-bond acceptors (Lipinski definition) is 6. The molecule has 0 aliphatic heterocycles. The van der Waals surface area contributed by atoms with Crippen LogP contribution in [0.25, 0.3) is 11.0 Å².